The van der Waals surface area contributed by atoms with Crippen LogP contribution in [0.3, 0.4) is 0 Å². The monoisotopic (exact) mass is 158 g/mol. The first kappa shape index (κ1) is 8.33. The fourth-order valence-corrected chi connectivity index (χ4v) is 1.20. The summed E-state index contributed by atoms with van der Waals surface area (Å²) in [6, 6.07) is -0.364. The molecule has 1 unspecified atom stereocenters. The minimum atomic E-state index is -0.364. The lowest BCUT2D eigenvalue weighted by atomic mass is 10.1. The highest BCUT2D eigenvalue weighted by atomic mass is 16.5. The van der Waals surface area contributed by atoms with Crippen molar-refractivity contribution in [1.29, 1.82) is 0 Å². The molecule has 1 heterocycles. The molecule has 4 nitrogen and oxygen atoms in total. The Bertz CT molecular complexity index is 143. The highest BCUT2D eigenvalue weighted by Gasteiger charge is 2.18. The number of amides is 2. The summed E-state index contributed by atoms with van der Waals surface area (Å²) in [5.74, 6) is 0.479. The third kappa shape index (κ3) is 2.38. The number of hydrogen-bond acceptors (Lipinski definition) is 2. The summed E-state index contributed by atoms with van der Waals surface area (Å²) in [5, 5.41) is 0. The summed E-state index contributed by atoms with van der Waals surface area (Å²) in [7, 11) is 1.71. The van der Waals surface area contributed by atoms with Gasteiger partial charge in [-0.3, -0.25) is 0 Å². The average Bonchev–Trinajstić information content (AvgIpc) is 2.39. The Morgan fingerprint density at radius 2 is 2.55 bits per heavy atom. The van der Waals surface area contributed by atoms with E-state index >= 15 is 0 Å². The number of carbonyl (C=O) groups is 1. The lowest BCUT2D eigenvalue weighted by Crippen LogP contribution is -2.36. The first-order chi connectivity index (χ1) is 5.20. The highest BCUT2D eigenvalue weighted by Crippen LogP contribution is 2.12. The van der Waals surface area contributed by atoms with Crippen LogP contribution in [0.1, 0.15) is 6.42 Å². The van der Waals surface area contributed by atoms with E-state index in [4.69, 9.17) is 10.5 Å². The van der Waals surface area contributed by atoms with Gasteiger partial charge in [0.1, 0.15) is 0 Å². The van der Waals surface area contributed by atoms with E-state index in [0.29, 0.717) is 5.92 Å². The van der Waals surface area contributed by atoms with Crippen molar-refractivity contribution >= 4 is 6.03 Å². The highest BCUT2D eigenvalue weighted by molar-refractivity contribution is 5.71. The van der Waals surface area contributed by atoms with E-state index in [0.717, 1.165) is 26.2 Å². The van der Waals surface area contributed by atoms with Gasteiger partial charge in [0.2, 0.25) is 0 Å². The van der Waals surface area contributed by atoms with E-state index in [-0.39, 0.29) is 6.03 Å². The van der Waals surface area contributed by atoms with E-state index in [1.807, 2.05) is 0 Å². The quantitative estimate of drug-likeness (QED) is 0.616. The third-order valence-corrected chi connectivity index (χ3v) is 1.93. The lowest BCUT2D eigenvalue weighted by molar-refractivity contribution is 0.174. The standard InChI is InChI=1S/C7H14N2O2/c1-9(7(8)10)4-6-2-3-11-5-6/h6H,2-5H2,1H3,(H2,8,10). The van der Waals surface area contributed by atoms with Crippen LogP contribution >= 0.6 is 0 Å². The van der Waals surface area contributed by atoms with Crippen LogP contribution in [0.25, 0.3) is 0 Å². The van der Waals surface area contributed by atoms with E-state index in [2.05, 4.69) is 0 Å². The Morgan fingerprint density at radius 1 is 1.82 bits per heavy atom. The fraction of sp³-hybridized carbons (Fsp3) is 0.857. The molecule has 1 aliphatic rings. The summed E-state index contributed by atoms with van der Waals surface area (Å²) in [6.45, 7) is 2.30. The largest absolute Gasteiger partial charge is 0.381 e. The number of rotatable bonds is 2. The molecule has 0 aromatic heterocycles. The molecular weight excluding hydrogens is 144 g/mol. The van der Waals surface area contributed by atoms with Crippen molar-refractivity contribution < 1.29 is 9.53 Å². The maximum atomic E-state index is 10.6. The normalized spacial score (nSPS) is 23.5. The number of nitrogens with two attached hydrogens (primary N) is 1. The predicted molar refractivity (Wildman–Crippen MR) is 41.1 cm³/mol. The van der Waals surface area contributed by atoms with Gasteiger partial charge in [0.05, 0.1) is 6.61 Å². The minimum Gasteiger partial charge on any atom is -0.381 e. The number of urea groups is 1. The molecule has 0 spiro atoms. The van der Waals surface area contributed by atoms with Gasteiger partial charge in [0.15, 0.2) is 0 Å². The Morgan fingerprint density at radius 3 is 3.00 bits per heavy atom. The lowest BCUT2D eigenvalue weighted by Gasteiger charge is -2.17. The zero-order chi connectivity index (χ0) is 8.27. The molecule has 1 fully saturated rings. The fourth-order valence-electron chi connectivity index (χ4n) is 1.20. The molecular formula is C7H14N2O2. The molecule has 1 saturated heterocycles. The van der Waals surface area contributed by atoms with Crippen LogP contribution in [0.5, 0.6) is 0 Å². The number of carbonyl (C=O) groups excluding carboxylic acids is 1. The van der Waals surface area contributed by atoms with Gasteiger partial charge in [0.25, 0.3) is 0 Å². The van der Waals surface area contributed by atoms with Crippen molar-refractivity contribution in [3.8, 4) is 0 Å². The number of nitrogens with zero attached hydrogens (tertiary/aromatic N) is 1. The second-order valence-corrected chi connectivity index (χ2v) is 2.95. The van der Waals surface area contributed by atoms with E-state index in [1.54, 1.807) is 7.05 Å². The first-order valence-electron chi connectivity index (χ1n) is 3.78. The van der Waals surface area contributed by atoms with Gasteiger partial charge in [-0.2, -0.15) is 0 Å². The van der Waals surface area contributed by atoms with Crippen LogP contribution in [0, 0.1) is 5.92 Å². The molecule has 1 atom stereocenters. The molecule has 0 saturated carbocycles. The molecule has 4 heteroatoms. The van der Waals surface area contributed by atoms with Crippen molar-refractivity contribution in [1.82, 2.24) is 4.90 Å². The van der Waals surface area contributed by atoms with Gasteiger partial charge in [-0.15, -0.1) is 0 Å². The maximum absolute atomic E-state index is 10.6. The molecule has 0 aliphatic carbocycles. The summed E-state index contributed by atoms with van der Waals surface area (Å²) in [4.78, 5) is 12.1. The van der Waals surface area contributed by atoms with Crippen LogP contribution < -0.4 is 5.73 Å². The number of ether oxygens (including phenoxy) is 1. The molecule has 11 heavy (non-hydrogen) atoms. The molecule has 64 valence electrons. The molecule has 2 amide bonds. The summed E-state index contributed by atoms with van der Waals surface area (Å²) < 4.78 is 5.16. The molecule has 0 bridgehead atoms. The molecule has 1 rings (SSSR count). The molecule has 0 aromatic rings. The summed E-state index contributed by atoms with van der Waals surface area (Å²) in [6.07, 6.45) is 1.04. The summed E-state index contributed by atoms with van der Waals surface area (Å²) in [5.41, 5.74) is 5.06. The van der Waals surface area contributed by atoms with Gasteiger partial charge in [-0.25, -0.2) is 4.79 Å². The van der Waals surface area contributed by atoms with Crippen molar-refractivity contribution in [2.24, 2.45) is 11.7 Å². The number of hydrogen-bond donors (Lipinski definition) is 1. The van der Waals surface area contributed by atoms with Crippen LogP contribution in [-0.2, 0) is 4.74 Å². The molecule has 0 aromatic carbocycles. The van der Waals surface area contributed by atoms with Crippen molar-refractivity contribution in [3.63, 3.8) is 0 Å². The van der Waals surface area contributed by atoms with Crippen LogP contribution in [0.15, 0.2) is 0 Å². The van der Waals surface area contributed by atoms with Crippen molar-refractivity contribution in [3.05, 3.63) is 0 Å². The second kappa shape index (κ2) is 3.57. The van der Waals surface area contributed by atoms with Gasteiger partial charge < -0.3 is 15.4 Å². The smallest absolute Gasteiger partial charge is 0.314 e. The van der Waals surface area contributed by atoms with Gasteiger partial charge in [-0.1, -0.05) is 0 Å². The summed E-state index contributed by atoms with van der Waals surface area (Å²) >= 11 is 0. The van der Waals surface area contributed by atoms with Crippen LogP contribution in [0.2, 0.25) is 0 Å². The Balaban J connectivity index is 2.23. The second-order valence-electron chi connectivity index (χ2n) is 2.95. The zero-order valence-electron chi connectivity index (χ0n) is 6.75. The predicted octanol–water partition coefficient (Wildman–Crippen LogP) is 0.0334. The van der Waals surface area contributed by atoms with Crippen LogP contribution in [-0.4, -0.2) is 37.7 Å². The maximum Gasteiger partial charge on any atom is 0.314 e. The van der Waals surface area contributed by atoms with E-state index in [1.165, 1.54) is 4.90 Å². The zero-order valence-corrected chi connectivity index (χ0v) is 6.75. The van der Waals surface area contributed by atoms with E-state index < -0.39 is 0 Å². The number of primary amides is 1. The Labute approximate surface area is 66.3 Å². The molecule has 0 radical (unpaired) electrons. The van der Waals surface area contributed by atoms with Gasteiger partial charge in [-0.05, 0) is 6.42 Å². The Hall–Kier alpha value is -0.770. The topological polar surface area (TPSA) is 55.6 Å². The molecule has 2 N–H and O–H groups in total. The van der Waals surface area contributed by atoms with Gasteiger partial charge in [0, 0.05) is 26.1 Å². The van der Waals surface area contributed by atoms with Crippen molar-refractivity contribution in [2.75, 3.05) is 26.8 Å². The Kier molecular flexibility index (Phi) is 2.70. The third-order valence-electron chi connectivity index (χ3n) is 1.93. The SMILES string of the molecule is CN(CC1CCOC1)C(N)=O. The average molecular weight is 158 g/mol. The van der Waals surface area contributed by atoms with Gasteiger partial charge >= 0.3 is 6.03 Å². The van der Waals surface area contributed by atoms with Crippen LogP contribution in [0.4, 0.5) is 4.79 Å². The first-order valence-corrected chi connectivity index (χ1v) is 3.78. The van der Waals surface area contributed by atoms with Crippen molar-refractivity contribution in [2.45, 2.75) is 6.42 Å². The minimum absolute atomic E-state index is 0.364. The molecule has 1 aliphatic heterocycles. The van der Waals surface area contributed by atoms with E-state index in [9.17, 15) is 4.79 Å².